The molecule has 2 atom stereocenters. The third-order valence-corrected chi connectivity index (χ3v) is 6.95. The molecule has 1 aliphatic rings. The summed E-state index contributed by atoms with van der Waals surface area (Å²) < 4.78 is 0.909. The standard InChI is InChI=1S/C8H17ISi/c1-7(9)8-4-5-10(2,3)6-8/h7-8H,4-6H2,1-3H3. The van der Waals surface area contributed by atoms with Gasteiger partial charge in [0, 0.05) is 12.0 Å². The quantitative estimate of drug-likeness (QED) is 0.387. The second-order valence-electron chi connectivity index (χ2n) is 4.34. The lowest BCUT2D eigenvalue weighted by Crippen LogP contribution is -2.20. The first kappa shape index (κ1) is 9.04. The maximum absolute atomic E-state index is 2.58. The van der Waals surface area contributed by atoms with Gasteiger partial charge in [-0.2, -0.15) is 0 Å². The summed E-state index contributed by atoms with van der Waals surface area (Å²) in [5.41, 5.74) is 0. The Kier molecular flexibility index (Phi) is 2.83. The molecule has 0 aliphatic carbocycles. The van der Waals surface area contributed by atoms with Crippen LogP contribution in [0.5, 0.6) is 0 Å². The van der Waals surface area contributed by atoms with Gasteiger partial charge in [0.1, 0.15) is 0 Å². The summed E-state index contributed by atoms with van der Waals surface area (Å²) in [7, 11) is -0.671. The summed E-state index contributed by atoms with van der Waals surface area (Å²) >= 11 is 2.58. The molecule has 0 radical (unpaired) electrons. The highest BCUT2D eigenvalue weighted by Gasteiger charge is 2.34. The van der Waals surface area contributed by atoms with E-state index in [1.165, 1.54) is 6.42 Å². The van der Waals surface area contributed by atoms with E-state index in [-0.39, 0.29) is 0 Å². The Morgan fingerprint density at radius 2 is 2.10 bits per heavy atom. The molecule has 0 aromatic rings. The Labute approximate surface area is 78.9 Å². The molecule has 2 heteroatoms. The fourth-order valence-electron chi connectivity index (χ4n) is 1.88. The van der Waals surface area contributed by atoms with Crippen LogP contribution in [0.3, 0.4) is 0 Å². The minimum atomic E-state index is -0.671. The van der Waals surface area contributed by atoms with Gasteiger partial charge in [0.2, 0.25) is 0 Å². The first-order valence-electron chi connectivity index (χ1n) is 4.15. The largest absolute Gasteiger partial charge is 0.0826 e. The molecule has 60 valence electrons. The van der Waals surface area contributed by atoms with Crippen LogP contribution in [0.4, 0.5) is 0 Å². The Bertz CT molecular complexity index is 120. The third kappa shape index (κ3) is 2.22. The summed E-state index contributed by atoms with van der Waals surface area (Å²) in [6.45, 7) is 7.43. The highest BCUT2D eigenvalue weighted by atomic mass is 127. The van der Waals surface area contributed by atoms with Crippen molar-refractivity contribution in [2.24, 2.45) is 5.92 Å². The second kappa shape index (κ2) is 3.13. The summed E-state index contributed by atoms with van der Waals surface area (Å²) in [6.07, 6.45) is 1.52. The van der Waals surface area contributed by atoms with Crippen LogP contribution >= 0.6 is 22.6 Å². The van der Waals surface area contributed by atoms with Gasteiger partial charge in [-0.05, 0) is 5.92 Å². The minimum absolute atomic E-state index is 0.671. The number of hydrogen-bond acceptors (Lipinski definition) is 0. The van der Waals surface area contributed by atoms with Gasteiger partial charge >= 0.3 is 0 Å². The molecule has 0 amide bonds. The molecule has 0 N–H and O–H groups in total. The first-order valence-corrected chi connectivity index (χ1v) is 8.81. The molecule has 1 fully saturated rings. The van der Waals surface area contributed by atoms with Crippen molar-refractivity contribution in [3.63, 3.8) is 0 Å². The van der Waals surface area contributed by atoms with Gasteiger partial charge < -0.3 is 0 Å². The molecule has 0 bridgehead atoms. The average molecular weight is 268 g/mol. The van der Waals surface area contributed by atoms with E-state index in [0.717, 1.165) is 9.84 Å². The second-order valence-corrected chi connectivity index (χ2v) is 11.5. The van der Waals surface area contributed by atoms with E-state index in [9.17, 15) is 0 Å². The van der Waals surface area contributed by atoms with Crippen LogP contribution in [0.25, 0.3) is 0 Å². The summed E-state index contributed by atoms with van der Waals surface area (Å²) in [4.78, 5) is 0. The predicted octanol–water partition coefficient (Wildman–Crippen LogP) is 3.54. The molecule has 2 unspecified atom stereocenters. The van der Waals surface area contributed by atoms with E-state index in [1.54, 1.807) is 12.1 Å². The summed E-state index contributed by atoms with van der Waals surface area (Å²) in [5.74, 6) is 1.06. The van der Waals surface area contributed by atoms with Crippen molar-refractivity contribution in [1.82, 2.24) is 0 Å². The van der Waals surface area contributed by atoms with Crippen molar-refractivity contribution in [3.8, 4) is 0 Å². The lowest BCUT2D eigenvalue weighted by Gasteiger charge is -2.16. The average Bonchev–Trinajstić information content (AvgIpc) is 2.10. The molecule has 10 heavy (non-hydrogen) atoms. The van der Waals surface area contributed by atoms with Crippen molar-refractivity contribution < 1.29 is 0 Å². The topological polar surface area (TPSA) is 0 Å². The fourth-order valence-corrected chi connectivity index (χ4v) is 6.31. The molecular weight excluding hydrogens is 251 g/mol. The number of hydrogen-bond donors (Lipinski definition) is 0. The Morgan fingerprint density at radius 1 is 1.50 bits per heavy atom. The minimum Gasteiger partial charge on any atom is -0.0826 e. The van der Waals surface area contributed by atoms with E-state index < -0.39 is 8.07 Å². The summed E-state index contributed by atoms with van der Waals surface area (Å²) in [5, 5.41) is 0. The van der Waals surface area contributed by atoms with Crippen LogP contribution in [0, 0.1) is 5.92 Å². The molecule has 0 aromatic carbocycles. The van der Waals surface area contributed by atoms with Gasteiger partial charge in [0.25, 0.3) is 0 Å². The Morgan fingerprint density at radius 3 is 2.30 bits per heavy atom. The number of rotatable bonds is 1. The van der Waals surface area contributed by atoms with E-state index in [0.29, 0.717) is 0 Å². The molecule has 1 saturated heterocycles. The molecule has 0 aromatic heterocycles. The highest BCUT2D eigenvalue weighted by molar-refractivity contribution is 14.1. The highest BCUT2D eigenvalue weighted by Crippen LogP contribution is 2.38. The van der Waals surface area contributed by atoms with Crippen LogP contribution < -0.4 is 0 Å². The van der Waals surface area contributed by atoms with Crippen LogP contribution in [-0.2, 0) is 0 Å². The van der Waals surface area contributed by atoms with E-state index in [1.807, 2.05) is 0 Å². The normalized spacial score (nSPS) is 34.2. The molecule has 1 aliphatic heterocycles. The number of alkyl halides is 1. The van der Waals surface area contributed by atoms with Crippen LogP contribution in [-0.4, -0.2) is 12.0 Å². The summed E-state index contributed by atoms with van der Waals surface area (Å²) in [6, 6.07) is 3.15. The third-order valence-electron chi connectivity index (χ3n) is 2.66. The van der Waals surface area contributed by atoms with Gasteiger partial charge in [0.15, 0.2) is 0 Å². The zero-order chi connectivity index (χ0) is 7.78. The van der Waals surface area contributed by atoms with E-state index >= 15 is 0 Å². The molecular formula is C8H17ISi. The first-order chi connectivity index (χ1) is 4.51. The van der Waals surface area contributed by atoms with Gasteiger partial charge in [-0.1, -0.05) is 61.1 Å². The molecule has 0 nitrogen and oxygen atoms in total. The van der Waals surface area contributed by atoms with Crippen molar-refractivity contribution >= 4 is 30.7 Å². The molecule has 1 rings (SSSR count). The van der Waals surface area contributed by atoms with Gasteiger partial charge in [-0.15, -0.1) is 0 Å². The molecule has 0 spiro atoms. The monoisotopic (exact) mass is 268 g/mol. The van der Waals surface area contributed by atoms with Crippen LogP contribution in [0.2, 0.25) is 25.2 Å². The Hall–Kier alpha value is 0.947. The van der Waals surface area contributed by atoms with Crippen molar-refractivity contribution in [2.45, 2.75) is 42.5 Å². The Balaban J connectivity index is 2.43. The smallest absolute Gasteiger partial charge is 0.0476 e. The van der Waals surface area contributed by atoms with E-state index in [2.05, 4.69) is 42.6 Å². The van der Waals surface area contributed by atoms with Crippen molar-refractivity contribution in [1.29, 1.82) is 0 Å². The van der Waals surface area contributed by atoms with Gasteiger partial charge in [-0.25, -0.2) is 0 Å². The lowest BCUT2D eigenvalue weighted by molar-refractivity contribution is 0.598. The SMILES string of the molecule is CC(I)C1CC[Si](C)(C)C1. The van der Waals surface area contributed by atoms with Crippen molar-refractivity contribution in [2.75, 3.05) is 0 Å². The lowest BCUT2D eigenvalue weighted by atomic mass is 10.1. The van der Waals surface area contributed by atoms with Gasteiger partial charge in [-0.3, -0.25) is 0 Å². The maximum atomic E-state index is 2.58. The van der Waals surface area contributed by atoms with Gasteiger partial charge in [0.05, 0.1) is 0 Å². The fraction of sp³-hybridized carbons (Fsp3) is 1.00. The maximum Gasteiger partial charge on any atom is 0.0476 e. The van der Waals surface area contributed by atoms with Crippen LogP contribution in [0.1, 0.15) is 13.3 Å². The zero-order valence-corrected chi connectivity index (χ0v) is 10.3. The number of halogens is 1. The zero-order valence-electron chi connectivity index (χ0n) is 7.15. The predicted molar refractivity (Wildman–Crippen MR) is 58.7 cm³/mol. The van der Waals surface area contributed by atoms with Crippen LogP contribution in [0.15, 0.2) is 0 Å². The molecule has 1 heterocycles. The van der Waals surface area contributed by atoms with E-state index in [4.69, 9.17) is 0 Å². The van der Waals surface area contributed by atoms with Crippen molar-refractivity contribution in [3.05, 3.63) is 0 Å². The molecule has 0 saturated carbocycles.